The van der Waals surface area contributed by atoms with Crippen molar-refractivity contribution in [3.05, 3.63) is 0 Å². The predicted octanol–water partition coefficient (Wildman–Crippen LogP) is 0.376. The first-order valence-corrected chi connectivity index (χ1v) is 4.97. The van der Waals surface area contributed by atoms with Crippen molar-refractivity contribution in [2.24, 2.45) is 5.41 Å². The van der Waals surface area contributed by atoms with Crippen molar-refractivity contribution in [2.45, 2.75) is 33.1 Å². The molecular weight excluding hydrogens is 198 g/mol. The lowest BCUT2D eigenvalue weighted by Gasteiger charge is -2.24. The standard InChI is InChI=1S/C10H19NO4/c1-10(2,4-3-5-12)7-11-8(13)6-9(14)15/h12H,3-7H2,1-2H3,(H,11,13)(H,14,15). The summed E-state index contributed by atoms with van der Waals surface area (Å²) in [4.78, 5) is 21.2. The Hall–Kier alpha value is -1.10. The van der Waals surface area contributed by atoms with E-state index in [0.717, 1.165) is 6.42 Å². The van der Waals surface area contributed by atoms with Gasteiger partial charge in [-0.15, -0.1) is 0 Å². The third kappa shape index (κ3) is 7.93. The number of aliphatic carboxylic acids is 1. The number of carboxylic acid groups (broad SMARTS) is 1. The minimum absolute atomic E-state index is 0.114. The van der Waals surface area contributed by atoms with Gasteiger partial charge < -0.3 is 15.5 Å². The van der Waals surface area contributed by atoms with E-state index in [1.807, 2.05) is 13.8 Å². The van der Waals surface area contributed by atoms with Crippen molar-refractivity contribution in [3.8, 4) is 0 Å². The van der Waals surface area contributed by atoms with Crippen molar-refractivity contribution in [3.63, 3.8) is 0 Å². The van der Waals surface area contributed by atoms with Crippen molar-refractivity contribution in [2.75, 3.05) is 13.2 Å². The second-order valence-corrected chi connectivity index (χ2v) is 4.34. The Labute approximate surface area is 89.5 Å². The molecule has 0 rings (SSSR count). The Morgan fingerprint density at radius 3 is 2.40 bits per heavy atom. The van der Waals surface area contributed by atoms with E-state index in [-0.39, 0.29) is 12.0 Å². The molecule has 0 aliphatic carbocycles. The smallest absolute Gasteiger partial charge is 0.312 e. The molecular formula is C10H19NO4. The van der Waals surface area contributed by atoms with E-state index in [2.05, 4.69) is 5.32 Å². The van der Waals surface area contributed by atoms with Gasteiger partial charge in [-0.25, -0.2) is 0 Å². The molecule has 88 valence electrons. The van der Waals surface area contributed by atoms with Gasteiger partial charge in [0, 0.05) is 13.2 Å². The fourth-order valence-corrected chi connectivity index (χ4v) is 1.18. The van der Waals surface area contributed by atoms with Crippen LogP contribution in [0.4, 0.5) is 0 Å². The molecule has 0 unspecified atom stereocenters. The molecule has 0 bridgehead atoms. The van der Waals surface area contributed by atoms with E-state index < -0.39 is 18.3 Å². The van der Waals surface area contributed by atoms with E-state index in [4.69, 9.17) is 10.2 Å². The maximum Gasteiger partial charge on any atom is 0.312 e. The van der Waals surface area contributed by atoms with Crippen LogP contribution < -0.4 is 5.32 Å². The Morgan fingerprint density at radius 1 is 1.33 bits per heavy atom. The lowest BCUT2D eigenvalue weighted by atomic mass is 9.88. The average Bonchev–Trinajstić information content (AvgIpc) is 2.11. The van der Waals surface area contributed by atoms with E-state index in [0.29, 0.717) is 13.0 Å². The van der Waals surface area contributed by atoms with Crippen LogP contribution in [0.5, 0.6) is 0 Å². The highest BCUT2D eigenvalue weighted by Gasteiger charge is 2.18. The summed E-state index contributed by atoms with van der Waals surface area (Å²) in [6, 6.07) is 0. The van der Waals surface area contributed by atoms with Crippen molar-refractivity contribution < 1.29 is 19.8 Å². The summed E-state index contributed by atoms with van der Waals surface area (Å²) in [7, 11) is 0. The van der Waals surface area contributed by atoms with Crippen molar-refractivity contribution >= 4 is 11.9 Å². The normalized spacial score (nSPS) is 11.1. The Balaban J connectivity index is 3.81. The molecule has 0 radical (unpaired) electrons. The number of hydrogen-bond acceptors (Lipinski definition) is 3. The van der Waals surface area contributed by atoms with Gasteiger partial charge in [0.05, 0.1) is 0 Å². The summed E-state index contributed by atoms with van der Waals surface area (Å²) in [6.45, 7) is 4.49. The van der Waals surface area contributed by atoms with Gasteiger partial charge in [-0.3, -0.25) is 9.59 Å². The van der Waals surface area contributed by atoms with Gasteiger partial charge in [0.15, 0.2) is 0 Å². The number of amides is 1. The summed E-state index contributed by atoms with van der Waals surface area (Å²) in [5.74, 6) is -1.60. The monoisotopic (exact) mass is 217 g/mol. The maximum absolute atomic E-state index is 11.0. The highest BCUT2D eigenvalue weighted by molar-refractivity contribution is 5.93. The van der Waals surface area contributed by atoms with Crippen LogP contribution in [0, 0.1) is 5.41 Å². The van der Waals surface area contributed by atoms with Gasteiger partial charge in [-0.05, 0) is 18.3 Å². The third-order valence-corrected chi connectivity index (χ3v) is 2.09. The molecule has 5 nitrogen and oxygen atoms in total. The van der Waals surface area contributed by atoms with E-state index in [9.17, 15) is 9.59 Å². The molecule has 0 saturated carbocycles. The van der Waals surface area contributed by atoms with Crippen LogP contribution in [0.1, 0.15) is 33.1 Å². The molecule has 0 fully saturated rings. The van der Waals surface area contributed by atoms with Gasteiger partial charge in [-0.2, -0.15) is 0 Å². The zero-order chi connectivity index (χ0) is 11.9. The van der Waals surface area contributed by atoms with Crippen LogP contribution in [0.3, 0.4) is 0 Å². The van der Waals surface area contributed by atoms with Crippen LogP contribution in [0.2, 0.25) is 0 Å². The van der Waals surface area contributed by atoms with Crippen LogP contribution in [0.25, 0.3) is 0 Å². The molecule has 0 aromatic rings. The first kappa shape index (κ1) is 13.9. The van der Waals surface area contributed by atoms with Crippen molar-refractivity contribution in [1.29, 1.82) is 0 Å². The Kier molecular flexibility index (Phi) is 5.93. The SMILES string of the molecule is CC(C)(CCCO)CNC(=O)CC(=O)O. The molecule has 3 N–H and O–H groups in total. The second kappa shape index (κ2) is 6.40. The minimum Gasteiger partial charge on any atom is -0.481 e. The summed E-state index contributed by atoms with van der Waals surface area (Å²) in [6.07, 6.45) is 0.981. The minimum atomic E-state index is -1.12. The lowest BCUT2D eigenvalue weighted by Crippen LogP contribution is -2.35. The van der Waals surface area contributed by atoms with Gasteiger partial charge in [0.2, 0.25) is 5.91 Å². The maximum atomic E-state index is 11.0. The second-order valence-electron chi connectivity index (χ2n) is 4.34. The lowest BCUT2D eigenvalue weighted by molar-refractivity contribution is -0.140. The van der Waals surface area contributed by atoms with E-state index >= 15 is 0 Å². The number of nitrogens with one attached hydrogen (secondary N) is 1. The highest BCUT2D eigenvalue weighted by Crippen LogP contribution is 2.20. The van der Waals surface area contributed by atoms with Crippen LogP contribution in [-0.4, -0.2) is 35.2 Å². The van der Waals surface area contributed by atoms with Crippen LogP contribution in [-0.2, 0) is 9.59 Å². The van der Waals surface area contributed by atoms with Gasteiger partial charge >= 0.3 is 5.97 Å². The van der Waals surface area contributed by atoms with Crippen LogP contribution in [0.15, 0.2) is 0 Å². The average molecular weight is 217 g/mol. The molecule has 0 aliphatic heterocycles. The number of aliphatic hydroxyl groups is 1. The number of carbonyl (C=O) groups excluding carboxylic acids is 1. The first-order chi connectivity index (χ1) is 6.87. The Morgan fingerprint density at radius 2 is 1.93 bits per heavy atom. The van der Waals surface area contributed by atoms with Gasteiger partial charge in [-0.1, -0.05) is 13.8 Å². The molecule has 0 saturated heterocycles. The number of hydrogen-bond donors (Lipinski definition) is 3. The van der Waals surface area contributed by atoms with E-state index in [1.54, 1.807) is 0 Å². The number of carbonyl (C=O) groups is 2. The van der Waals surface area contributed by atoms with E-state index in [1.165, 1.54) is 0 Å². The summed E-state index contributed by atoms with van der Waals surface area (Å²) < 4.78 is 0. The molecule has 0 heterocycles. The predicted molar refractivity (Wildman–Crippen MR) is 55.4 cm³/mol. The molecule has 5 heteroatoms. The molecule has 0 spiro atoms. The number of rotatable bonds is 7. The number of carboxylic acids is 1. The molecule has 15 heavy (non-hydrogen) atoms. The molecule has 0 aromatic carbocycles. The van der Waals surface area contributed by atoms with Crippen molar-refractivity contribution in [1.82, 2.24) is 5.32 Å². The fourth-order valence-electron chi connectivity index (χ4n) is 1.18. The first-order valence-electron chi connectivity index (χ1n) is 4.97. The summed E-state index contributed by atoms with van der Waals surface area (Å²) in [5.41, 5.74) is -0.114. The van der Waals surface area contributed by atoms with Crippen LogP contribution >= 0.6 is 0 Å². The molecule has 1 amide bonds. The molecule has 0 aromatic heterocycles. The summed E-state index contributed by atoms with van der Waals surface area (Å²) in [5, 5.41) is 19.6. The largest absolute Gasteiger partial charge is 0.481 e. The Bertz CT molecular complexity index is 225. The number of aliphatic hydroxyl groups excluding tert-OH is 1. The molecule has 0 atom stereocenters. The summed E-state index contributed by atoms with van der Waals surface area (Å²) >= 11 is 0. The van der Waals surface area contributed by atoms with Gasteiger partial charge in [0.1, 0.15) is 6.42 Å². The fraction of sp³-hybridized carbons (Fsp3) is 0.800. The zero-order valence-electron chi connectivity index (χ0n) is 9.25. The quantitative estimate of drug-likeness (QED) is 0.538. The zero-order valence-corrected chi connectivity index (χ0v) is 9.25. The topological polar surface area (TPSA) is 86.6 Å². The van der Waals surface area contributed by atoms with Gasteiger partial charge in [0.25, 0.3) is 0 Å². The highest BCUT2D eigenvalue weighted by atomic mass is 16.4. The molecule has 0 aliphatic rings. The third-order valence-electron chi connectivity index (χ3n) is 2.09.